The maximum atomic E-state index is 14.7. The molecule has 714 valence electrons. The first kappa shape index (κ1) is 110. The van der Waals surface area contributed by atoms with E-state index < -0.39 is 127 Å². The third-order valence-corrected chi connectivity index (χ3v) is 22.3. The van der Waals surface area contributed by atoms with Crippen molar-refractivity contribution >= 4 is 78.4 Å². The van der Waals surface area contributed by atoms with Gasteiger partial charge in [-0.2, -0.15) is 35.1 Å². The summed E-state index contributed by atoms with van der Waals surface area (Å²) in [7, 11) is 2.69. The second-order valence-corrected chi connectivity index (χ2v) is 33.8. The van der Waals surface area contributed by atoms with E-state index in [4.69, 9.17) is 65.9 Å². The molecule has 0 amide bonds. The number of phenolic OH excluding ortho intramolecular Hbond substituents is 4. The number of nitrogens with zero attached hydrogens (tertiary/aromatic N) is 1. The minimum atomic E-state index is -4.04. The van der Waals surface area contributed by atoms with Crippen LogP contribution < -0.4 is 23.7 Å². The van der Waals surface area contributed by atoms with Crippen LogP contribution in [-0.2, 0) is 79.9 Å². The van der Waals surface area contributed by atoms with Crippen LogP contribution in [0.5, 0.6) is 51.7 Å². The predicted octanol–water partition coefficient (Wildman–Crippen LogP) is 18.4. The van der Waals surface area contributed by atoms with E-state index in [1.165, 1.54) is 55.7 Å². The number of carbonyl (C=O) groups is 6. The summed E-state index contributed by atoms with van der Waals surface area (Å²) in [6, 6.07) is 23.5. The van der Waals surface area contributed by atoms with E-state index in [1.54, 1.807) is 0 Å². The number of carboxylic acid groups (broad SMARTS) is 1. The van der Waals surface area contributed by atoms with Crippen LogP contribution >= 0.6 is 43.5 Å². The molecule has 130 heavy (non-hydrogen) atoms. The third kappa shape index (κ3) is 31.6. The van der Waals surface area contributed by atoms with Crippen molar-refractivity contribution in [2.75, 3.05) is 64.5 Å². The Morgan fingerprint density at radius 3 is 1.40 bits per heavy atom. The Morgan fingerprint density at radius 1 is 0.577 bits per heavy atom. The van der Waals surface area contributed by atoms with Crippen molar-refractivity contribution in [3.63, 3.8) is 0 Å². The van der Waals surface area contributed by atoms with Crippen LogP contribution in [0.3, 0.4) is 0 Å². The number of aliphatic hydroxyl groups is 4. The Balaban J connectivity index is 0.000000278. The van der Waals surface area contributed by atoms with Gasteiger partial charge in [0.05, 0.1) is 66.1 Å². The van der Waals surface area contributed by atoms with Gasteiger partial charge in [-0.1, -0.05) is 97.7 Å². The van der Waals surface area contributed by atoms with Crippen molar-refractivity contribution in [3.05, 3.63) is 217 Å². The molecule has 2 aliphatic heterocycles. The summed E-state index contributed by atoms with van der Waals surface area (Å²) >= 11 is 11.0. The highest BCUT2D eigenvalue weighted by Gasteiger charge is 2.52. The molecule has 0 fully saturated rings. The molecule has 0 spiro atoms. The number of rotatable bonds is 30. The van der Waals surface area contributed by atoms with Gasteiger partial charge in [0.1, 0.15) is 62.9 Å². The van der Waals surface area contributed by atoms with Crippen LogP contribution in [0.25, 0.3) is 0 Å². The van der Waals surface area contributed by atoms with Crippen molar-refractivity contribution in [1.82, 2.24) is 0 Å². The zero-order valence-electron chi connectivity index (χ0n) is 73.0. The number of esters is 3. The predicted molar refractivity (Wildman–Crippen MR) is 468 cm³/mol. The highest BCUT2D eigenvalue weighted by molar-refractivity contribution is 9.09. The van der Waals surface area contributed by atoms with Crippen molar-refractivity contribution in [2.24, 2.45) is 17.8 Å². The Morgan fingerprint density at radius 2 is 1.01 bits per heavy atom. The molecule has 27 nitrogen and oxygen atoms in total. The zero-order chi connectivity index (χ0) is 97.6. The number of ketones is 1. The summed E-state index contributed by atoms with van der Waals surface area (Å²) in [5.41, 5.74) is 0.624. The molecule has 0 saturated carbocycles. The molecular formula is C92H108Br2ClF8NO26. The van der Waals surface area contributed by atoms with E-state index in [1.807, 2.05) is 91.8 Å². The van der Waals surface area contributed by atoms with Gasteiger partial charge in [0.25, 0.3) is 16.1 Å². The normalized spacial score (nSPS) is 18.2. The summed E-state index contributed by atoms with van der Waals surface area (Å²) in [6.07, 6.45) is 14.5. The van der Waals surface area contributed by atoms with Crippen LogP contribution in [0.1, 0.15) is 186 Å². The number of hydrogen-bond acceptors (Lipinski definition) is 25. The molecule has 6 aromatic carbocycles. The third-order valence-electron chi connectivity index (χ3n) is 20.9. The Labute approximate surface area is 768 Å². The molecule has 5 aliphatic rings. The summed E-state index contributed by atoms with van der Waals surface area (Å²) < 4.78 is 153. The van der Waals surface area contributed by atoms with E-state index in [0.29, 0.717) is 83.4 Å². The lowest BCUT2D eigenvalue weighted by molar-refractivity contribution is -0.757. The number of aliphatic hydroxyl groups excluding tert-OH is 3. The molecular weight excluding hydrogens is 1880 g/mol. The van der Waals surface area contributed by atoms with Crippen LogP contribution in [0, 0.1) is 27.9 Å². The highest BCUT2D eigenvalue weighted by atomic mass is 79.9. The molecule has 1 unspecified atom stereocenters. The number of Topliss-reactive ketones (excluding diaryl/α,β-unsaturated/α-hetero) is 1. The average molecular weight is 1990 g/mol. The SMILES string of the molecule is C=C(C)[C@H]1C=CC(C)(O)CC1.CC1=CC[C@@H]2[C@@H](C1)c1c(O)cc(C(F)(F)C(=O)OCCCBr)cc1OC2(C)C.CC1=CC[C@@H]2[C@@H](C1)c1c(O)cc(C(F)(F)C(=O)OCCCO[N+](=O)[O-])cc1OC2(C)C.COc1cc(CO)cc(C(=O)C(=O)O)c1.COc1cc(CO)cc(C(F)(F)C(=O)Cl)c1.O=C(OCCCBr)C(F)(F)c1cc(O)cc(O)c1.OCCCOc1ccccc1. The van der Waals surface area contributed by atoms with Crippen molar-refractivity contribution in [1.29, 1.82) is 0 Å². The number of benzene rings is 6. The number of allylic oxidation sites excluding steroid dienone is 6. The molecule has 38 heteroatoms. The van der Waals surface area contributed by atoms with Crippen LogP contribution in [-0.4, -0.2) is 167 Å². The molecule has 9 N–H and O–H groups in total. The van der Waals surface area contributed by atoms with E-state index in [9.17, 15) is 89.3 Å². The van der Waals surface area contributed by atoms with Gasteiger partial charge in [-0.05, 0) is 220 Å². The van der Waals surface area contributed by atoms with Gasteiger partial charge in [0, 0.05) is 98.8 Å². The van der Waals surface area contributed by atoms with E-state index in [-0.39, 0.29) is 103 Å². The standard InChI is InChI=1S/C21H25BrF2O4.C21H25F2NO7.C11H11BrF2O4.C10H9ClF2O3.C10H10O5.C10H16O.C9H12O2/c1-12-5-6-15-14(9-12)18-16(25)10-13(11-17(18)28-20(15,2)3)21(23,24)19(26)27-8-4-7-22;1-12-5-6-15-14(9-12)18-16(25)10-13(11-17(18)31-20(15,2)3)21(22,23)19(26)29-7-4-8-30-24(27)28;12-2-1-3-18-10(17)11(13,14)7-4-8(15)6-9(16)5-7;1-16-8-3-6(5-14)2-7(4-8)10(12,13)9(11)15;1-15-8-3-6(5-11)2-7(4-8)9(12)10(13)14;1-8(2)9-4-6-10(3,11)7-5-9;10-7-4-8-11-9-5-2-1-3-6-9/h5,10-11,14-15,25H,4,6-9H2,1-3H3;5,10-11,14-15,25H,4,6-9H2,1-3H3;4-6,15-16H,1-3H2;2-4,14H,5H2,1H3;2-4,11H,5H2,1H3,(H,13,14);4,6,9,11H,1,5,7H2,2-3H3;1-3,5-6,10H,4,7-8H2/t2*14-,15-;;;;9-,10?;/m11...0./s1. The number of hydrogen-bond donors (Lipinski definition) is 9. The molecule has 6 atom stereocenters. The summed E-state index contributed by atoms with van der Waals surface area (Å²) in [6.45, 7) is 18.4. The number of aromatic hydroxyl groups is 4. The first-order valence-corrected chi connectivity index (χ1v) is 43.3. The van der Waals surface area contributed by atoms with E-state index >= 15 is 0 Å². The van der Waals surface area contributed by atoms with Gasteiger partial charge in [0.2, 0.25) is 0 Å². The smallest absolute Gasteiger partial charge is 0.381 e. The minimum Gasteiger partial charge on any atom is -0.508 e. The van der Waals surface area contributed by atoms with Crippen LogP contribution in [0.15, 0.2) is 157 Å². The lowest BCUT2D eigenvalue weighted by Crippen LogP contribution is -2.45. The monoisotopic (exact) mass is 1990 g/mol. The number of methoxy groups -OCH3 is 2. The van der Waals surface area contributed by atoms with E-state index in [2.05, 4.69) is 75.7 Å². The number of fused-ring (bicyclic) bond motifs is 6. The number of ether oxygens (including phenoxy) is 8. The number of carboxylic acids is 1. The molecule has 11 rings (SSSR count). The fourth-order valence-electron chi connectivity index (χ4n) is 14.1. The molecule has 0 bridgehead atoms. The largest absolute Gasteiger partial charge is 0.508 e. The average Bonchev–Trinajstić information content (AvgIpc) is 0.738. The van der Waals surface area contributed by atoms with Gasteiger partial charge < -0.3 is 88.7 Å². The maximum Gasteiger partial charge on any atom is 0.381 e. The fraction of sp³-hybridized carbons (Fsp3) is 0.457. The van der Waals surface area contributed by atoms with Crippen molar-refractivity contribution in [2.45, 2.75) is 185 Å². The van der Waals surface area contributed by atoms with Gasteiger partial charge in [-0.15, -0.1) is 10.1 Å². The van der Waals surface area contributed by atoms with Gasteiger partial charge >= 0.3 is 47.6 Å². The van der Waals surface area contributed by atoms with Crippen molar-refractivity contribution in [3.8, 4) is 51.7 Å². The molecule has 6 aromatic rings. The van der Waals surface area contributed by atoms with Crippen LogP contribution in [0.2, 0.25) is 0 Å². The van der Waals surface area contributed by atoms with Crippen LogP contribution in [0.4, 0.5) is 35.1 Å². The molecule has 2 heterocycles. The zero-order valence-corrected chi connectivity index (χ0v) is 76.9. The number of aliphatic carboxylic acids is 1. The van der Waals surface area contributed by atoms with Gasteiger partial charge in [-0.25, -0.2) is 19.2 Å². The molecule has 0 aromatic heterocycles. The quantitative estimate of drug-likeness (QED) is 0.00173. The Hall–Kier alpha value is -10.6. The van der Waals surface area contributed by atoms with Gasteiger partial charge in [0.15, 0.2) is 0 Å². The Kier molecular flexibility index (Phi) is 42.0. The second-order valence-electron chi connectivity index (χ2n) is 31.9. The lowest BCUT2D eigenvalue weighted by Gasteiger charge is -2.47. The minimum absolute atomic E-state index is 0.00843. The molecule has 0 radical (unpaired) electrons. The summed E-state index contributed by atoms with van der Waals surface area (Å²) in [5.74, 6) is -22.8. The second kappa shape index (κ2) is 49.6. The first-order chi connectivity index (χ1) is 60.8. The number of halogens is 11. The highest BCUT2D eigenvalue weighted by Crippen LogP contribution is 2.57. The maximum absolute atomic E-state index is 14.7. The first-order valence-electron chi connectivity index (χ1n) is 40.6. The molecule has 0 saturated heterocycles. The topological polar surface area (TPSA) is 411 Å². The Bertz CT molecular complexity index is 4910. The lowest BCUT2D eigenvalue weighted by atomic mass is 9.67. The van der Waals surface area contributed by atoms with Gasteiger partial charge in [-0.3, -0.25) is 9.59 Å². The number of alkyl halides is 10. The van der Waals surface area contributed by atoms with Crippen molar-refractivity contribution < 1.29 is 158 Å². The summed E-state index contributed by atoms with van der Waals surface area (Å²) in [5, 5.41) is 92.0. The number of para-hydroxylation sites is 1. The summed E-state index contributed by atoms with van der Waals surface area (Å²) in [4.78, 5) is 81.3. The fourth-order valence-corrected chi connectivity index (χ4v) is 14.7. The number of phenols is 4. The number of carbonyl (C=O) groups excluding carboxylic acids is 5. The molecule has 3 aliphatic carbocycles. The van der Waals surface area contributed by atoms with E-state index in [0.717, 1.165) is 79.8 Å².